The molecular weight excluding hydrogens is 282 g/mol. The van der Waals surface area contributed by atoms with Crippen LogP contribution in [0.4, 0.5) is 0 Å². The molecule has 2 amide bonds. The Kier molecular flexibility index (Phi) is 3.86. The van der Waals surface area contributed by atoms with Crippen molar-refractivity contribution in [2.24, 2.45) is 11.7 Å². The van der Waals surface area contributed by atoms with Gasteiger partial charge < -0.3 is 11.1 Å². The molecule has 1 aromatic carbocycles. The molecule has 0 aliphatic heterocycles. The highest BCUT2D eigenvalue weighted by Gasteiger charge is 2.28. The van der Waals surface area contributed by atoms with Gasteiger partial charge in [-0.1, -0.05) is 24.3 Å². The third-order valence-electron chi connectivity index (χ3n) is 3.76. The quantitative estimate of drug-likeness (QED) is 0.796. The lowest BCUT2D eigenvalue weighted by Crippen LogP contribution is -2.47. The maximum Gasteiger partial charge on any atom is 0.243 e. The number of rotatable bonds is 4. The van der Waals surface area contributed by atoms with Gasteiger partial charge in [0.2, 0.25) is 11.8 Å². The lowest BCUT2D eigenvalue weighted by Gasteiger charge is -2.26. The molecule has 2 atom stereocenters. The van der Waals surface area contributed by atoms with Crippen LogP contribution in [0.5, 0.6) is 0 Å². The highest BCUT2D eigenvalue weighted by atomic mass is 16.2. The Bertz CT molecular complexity index is 703. The predicted molar refractivity (Wildman–Crippen MR) is 80.5 cm³/mol. The highest BCUT2D eigenvalue weighted by Crippen LogP contribution is 2.18. The second kappa shape index (κ2) is 5.97. The number of hydrogen-bond acceptors (Lipinski definition) is 4. The van der Waals surface area contributed by atoms with Gasteiger partial charge in [0.05, 0.1) is 5.92 Å². The topological polar surface area (TPSA) is 103 Å². The first-order chi connectivity index (χ1) is 10.6. The summed E-state index contributed by atoms with van der Waals surface area (Å²) in [7, 11) is 0. The molecule has 0 radical (unpaired) electrons. The Labute approximate surface area is 127 Å². The molecule has 3 N–H and O–H groups in total. The van der Waals surface area contributed by atoms with E-state index in [1.54, 1.807) is 0 Å². The van der Waals surface area contributed by atoms with Gasteiger partial charge in [0.15, 0.2) is 0 Å². The molecule has 0 spiro atoms. The summed E-state index contributed by atoms with van der Waals surface area (Å²) in [5, 5.41) is 11.3. The van der Waals surface area contributed by atoms with Crippen molar-refractivity contribution in [3.63, 3.8) is 0 Å². The normalized spacial score (nSPS) is 20.9. The first-order valence-corrected chi connectivity index (χ1v) is 7.17. The van der Waals surface area contributed by atoms with Crippen LogP contribution in [-0.4, -0.2) is 32.9 Å². The number of nitrogens with two attached hydrogens (primary N) is 1. The number of aromatic nitrogens is 3. The van der Waals surface area contributed by atoms with Crippen LogP contribution in [0.25, 0.3) is 11.0 Å². The molecule has 1 heterocycles. The SMILES string of the molecule is NC(=O)[C@@H]1CC=CC[C@H]1NC(=O)Cn1nc2ccccc2n1. The fraction of sp³-hybridized carbons (Fsp3) is 0.333. The van der Waals surface area contributed by atoms with Crippen molar-refractivity contribution in [1.29, 1.82) is 0 Å². The maximum atomic E-state index is 12.1. The molecule has 114 valence electrons. The Hall–Kier alpha value is -2.70. The maximum absolute atomic E-state index is 12.1. The second-order valence-electron chi connectivity index (χ2n) is 5.34. The number of amides is 2. The molecule has 0 saturated heterocycles. The van der Waals surface area contributed by atoms with E-state index in [1.807, 2.05) is 36.4 Å². The number of fused-ring (bicyclic) bond motifs is 1. The third kappa shape index (κ3) is 2.98. The number of carbonyl (C=O) groups is 2. The van der Waals surface area contributed by atoms with Gasteiger partial charge >= 0.3 is 0 Å². The number of nitrogens with zero attached hydrogens (tertiary/aromatic N) is 3. The molecule has 2 aromatic rings. The van der Waals surface area contributed by atoms with Gasteiger partial charge in [-0.3, -0.25) is 9.59 Å². The van der Waals surface area contributed by atoms with E-state index in [-0.39, 0.29) is 24.4 Å². The van der Waals surface area contributed by atoms with E-state index in [0.29, 0.717) is 12.8 Å². The minimum atomic E-state index is -0.391. The van der Waals surface area contributed by atoms with Crippen LogP contribution in [0.15, 0.2) is 36.4 Å². The summed E-state index contributed by atoms with van der Waals surface area (Å²) in [6, 6.07) is 7.15. The fourth-order valence-electron chi connectivity index (χ4n) is 2.64. The van der Waals surface area contributed by atoms with Gasteiger partial charge in [-0.05, 0) is 25.0 Å². The number of benzene rings is 1. The van der Waals surface area contributed by atoms with Crippen molar-refractivity contribution in [3.05, 3.63) is 36.4 Å². The van der Waals surface area contributed by atoms with E-state index in [1.165, 1.54) is 4.80 Å². The number of carbonyl (C=O) groups excluding carboxylic acids is 2. The van der Waals surface area contributed by atoms with Crippen molar-refractivity contribution in [3.8, 4) is 0 Å². The Morgan fingerprint density at radius 1 is 1.18 bits per heavy atom. The van der Waals surface area contributed by atoms with Crippen molar-refractivity contribution >= 4 is 22.8 Å². The van der Waals surface area contributed by atoms with Crippen LogP contribution in [0.3, 0.4) is 0 Å². The first kappa shape index (κ1) is 14.2. The summed E-state index contributed by atoms with van der Waals surface area (Å²) < 4.78 is 0. The van der Waals surface area contributed by atoms with Gasteiger partial charge in [-0.2, -0.15) is 15.0 Å². The summed E-state index contributed by atoms with van der Waals surface area (Å²) in [6.45, 7) is 0.0143. The zero-order chi connectivity index (χ0) is 15.5. The minimum Gasteiger partial charge on any atom is -0.369 e. The fourth-order valence-corrected chi connectivity index (χ4v) is 2.64. The standard InChI is InChI=1S/C15H17N5O2/c16-15(22)10-5-1-2-6-11(10)17-14(21)9-20-18-12-7-3-4-8-13(12)19-20/h1-4,7-8,10-11H,5-6,9H2,(H2,16,22)(H,17,21)/t10-,11-/m1/s1. The number of nitrogens with one attached hydrogen (secondary N) is 1. The molecule has 0 fully saturated rings. The summed E-state index contributed by atoms with van der Waals surface area (Å²) in [5.41, 5.74) is 6.87. The van der Waals surface area contributed by atoms with Gasteiger partial charge in [-0.15, -0.1) is 0 Å². The molecule has 1 aromatic heterocycles. The predicted octanol–water partition coefficient (Wildman–Crippen LogP) is 0.368. The van der Waals surface area contributed by atoms with Gasteiger partial charge in [0.25, 0.3) is 0 Å². The van der Waals surface area contributed by atoms with E-state index in [9.17, 15) is 9.59 Å². The lowest BCUT2D eigenvalue weighted by molar-refractivity contribution is -0.125. The van der Waals surface area contributed by atoms with Crippen molar-refractivity contribution < 1.29 is 9.59 Å². The van der Waals surface area contributed by atoms with E-state index in [2.05, 4.69) is 15.5 Å². The summed E-state index contributed by atoms with van der Waals surface area (Å²) in [4.78, 5) is 24.9. The Balaban J connectivity index is 1.66. The third-order valence-corrected chi connectivity index (χ3v) is 3.76. The molecular formula is C15H17N5O2. The monoisotopic (exact) mass is 299 g/mol. The Morgan fingerprint density at radius 3 is 2.45 bits per heavy atom. The molecule has 1 aliphatic carbocycles. The molecule has 22 heavy (non-hydrogen) atoms. The van der Waals surface area contributed by atoms with Crippen LogP contribution in [0, 0.1) is 5.92 Å². The largest absolute Gasteiger partial charge is 0.369 e. The Morgan fingerprint density at radius 2 is 1.82 bits per heavy atom. The molecule has 0 bridgehead atoms. The van der Waals surface area contributed by atoms with Crippen LogP contribution in [0.2, 0.25) is 0 Å². The summed E-state index contributed by atoms with van der Waals surface area (Å²) >= 11 is 0. The zero-order valence-corrected chi connectivity index (χ0v) is 12.0. The minimum absolute atomic E-state index is 0.0143. The number of allylic oxidation sites excluding steroid dienone is 1. The second-order valence-corrected chi connectivity index (χ2v) is 5.34. The highest BCUT2D eigenvalue weighted by molar-refractivity contribution is 5.81. The van der Waals surface area contributed by atoms with Crippen LogP contribution >= 0.6 is 0 Å². The molecule has 0 unspecified atom stereocenters. The van der Waals surface area contributed by atoms with Crippen molar-refractivity contribution in [1.82, 2.24) is 20.3 Å². The number of primary amides is 1. The van der Waals surface area contributed by atoms with Crippen LogP contribution < -0.4 is 11.1 Å². The van der Waals surface area contributed by atoms with Crippen LogP contribution in [-0.2, 0) is 16.1 Å². The van der Waals surface area contributed by atoms with Crippen molar-refractivity contribution in [2.75, 3.05) is 0 Å². The summed E-state index contributed by atoms with van der Waals surface area (Å²) in [5.74, 6) is -0.983. The van der Waals surface area contributed by atoms with Gasteiger partial charge in [0.1, 0.15) is 17.6 Å². The molecule has 7 heteroatoms. The van der Waals surface area contributed by atoms with Gasteiger partial charge in [0, 0.05) is 6.04 Å². The van der Waals surface area contributed by atoms with Gasteiger partial charge in [-0.25, -0.2) is 0 Å². The number of hydrogen-bond donors (Lipinski definition) is 2. The van der Waals surface area contributed by atoms with E-state index in [4.69, 9.17) is 5.73 Å². The summed E-state index contributed by atoms with van der Waals surface area (Å²) in [6.07, 6.45) is 5.03. The lowest BCUT2D eigenvalue weighted by atomic mass is 9.88. The van der Waals surface area contributed by atoms with E-state index < -0.39 is 5.91 Å². The average molecular weight is 299 g/mol. The smallest absolute Gasteiger partial charge is 0.243 e. The van der Waals surface area contributed by atoms with Crippen LogP contribution in [0.1, 0.15) is 12.8 Å². The van der Waals surface area contributed by atoms with Crippen molar-refractivity contribution in [2.45, 2.75) is 25.4 Å². The molecule has 3 rings (SSSR count). The molecule has 1 aliphatic rings. The van der Waals surface area contributed by atoms with E-state index >= 15 is 0 Å². The zero-order valence-electron chi connectivity index (χ0n) is 12.0. The molecule has 0 saturated carbocycles. The molecule has 7 nitrogen and oxygen atoms in total. The average Bonchev–Trinajstić information content (AvgIpc) is 2.89. The first-order valence-electron chi connectivity index (χ1n) is 7.17. The van der Waals surface area contributed by atoms with E-state index in [0.717, 1.165) is 11.0 Å².